The summed E-state index contributed by atoms with van der Waals surface area (Å²) >= 11 is 0. The van der Waals surface area contributed by atoms with Crippen LogP contribution in [-0.2, 0) is 4.79 Å². The van der Waals surface area contributed by atoms with E-state index in [1.54, 1.807) is 18.1 Å². The number of ketones is 1. The summed E-state index contributed by atoms with van der Waals surface area (Å²) in [5.41, 5.74) is 3.92. The van der Waals surface area contributed by atoms with Gasteiger partial charge in [-0.1, -0.05) is 66.0 Å². The highest BCUT2D eigenvalue weighted by Gasteiger charge is 2.59. The molecule has 3 fully saturated rings. The third kappa shape index (κ3) is 4.96. The van der Waals surface area contributed by atoms with Crippen molar-refractivity contribution >= 4 is 17.9 Å². The van der Waals surface area contributed by atoms with Gasteiger partial charge < -0.3 is 8.83 Å². The molecule has 2 heterocycles. The van der Waals surface area contributed by atoms with Crippen LogP contribution < -0.4 is 0 Å². The first kappa shape index (κ1) is 28.6. The minimum Gasteiger partial charge on any atom is -0.465 e. The maximum absolute atomic E-state index is 14.0. The fourth-order valence-electron chi connectivity index (χ4n) is 9.71. The van der Waals surface area contributed by atoms with E-state index in [1.807, 2.05) is 36.4 Å². The molecule has 0 aromatic carbocycles. The van der Waals surface area contributed by atoms with Crippen LogP contribution in [0.2, 0.25) is 0 Å². The summed E-state index contributed by atoms with van der Waals surface area (Å²) in [4.78, 5) is 14.0. The molecule has 2 aromatic heterocycles. The van der Waals surface area contributed by atoms with Gasteiger partial charge in [-0.2, -0.15) is 0 Å². The van der Waals surface area contributed by atoms with Crippen molar-refractivity contribution in [2.45, 2.75) is 92.9 Å². The van der Waals surface area contributed by atoms with E-state index in [0.717, 1.165) is 59.2 Å². The summed E-state index contributed by atoms with van der Waals surface area (Å²) in [7, 11) is 0. The molecule has 8 atom stereocenters. The molecule has 0 radical (unpaired) electrons. The van der Waals surface area contributed by atoms with Crippen LogP contribution in [-0.4, -0.2) is 5.78 Å². The molecule has 3 nitrogen and oxygen atoms in total. The van der Waals surface area contributed by atoms with Crippen molar-refractivity contribution in [1.82, 2.24) is 0 Å². The van der Waals surface area contributed by atoms with Crippen molar-refractivity contribution in [3.63, 3.8) is 0 Å². The second kappa shape index (κ2) is 10.9. The Morgan fingerprint density at radius 3 is 2.22 bits per heavy atom. The Morgan fingerprint density at radius 2 is 1.56 bits per heavy atom. The molecule has 3 saturated carbocycles. The number of allylic oxidation sites excluding steroid dienone is 4. The average Bonchev–Trinajstić information content (AvgIpc) is 3.71. The number of fused-ring (bicyclic) bond motifs is 5. The molecule has 220 valence electrons. The van der Waals surface area contributed by atoms with E-state index in [-0.39, 0.29) is 17.1 Å². The third-order valence-electron chi connectivity index (χ3n) is 12.5. The summed E-state index contributed by atoms with van der Waals surface area (Å²) in [5, 5.41) is 0. The predicted octanol–water partition coefficient (Wildman–Crippen LogP) is 10.4. The van der Waals surface area contributed by atoms with Crippen molar-refractivity contribution in [2.24, 2.45) is 52.3 Å². The zero-order valence-electron chi connectivity index (χ0n) is 26.1. The maximum atomic E-state index is 14.0. The quantitative estimate of drug-likeness (QED) is 0.252. The molecule has 41 heavy (non-hydrogen) atoms. The summed E-state index contributed by atoms with van der Waals surface area (Å²) in [5.74, 6) is 6.26. The summed E-state index contributed by atoms with van der Waals surface area (Å²) in [6.07, 6.45) is 19.7. The van der Waals surface area contributed by atoms with E-state index in [1.165, 1.54) is 38.5 Å². The Bertz CT molecular complexity index is 1320. The van der Waals surface area contributed by atoms with Gasteiger partial charge in [-0.25, -0.2) is 0 Å². The van der Waals surface area contributed by atoms with Gasteiger partial charge in [-0.05, 0) is 127 Å². The number of furan rings is 2. The molecule has 0 aliphatic heterocycles. The number of Topliss-reactive ketones (excluding diaryl/α,β-unsaturated/α-hetero) is 1. The Morgan fingerprint density at radius 1 is 0.878 bits per heavy atom. The fourth-order valence-corrected chi connectivity index (χ4v) is 9.71. The predicted molar refractivity (Wildman–Crippen MR) is 167 cm³/mol. The number of rotatable bonds is 7. The largest absolute Gasteiger partial charge is 0.465 e. The first-order chi connectivity index (χ1) is 19.6. The van der Waals surface area contributed by atoms with Crippen molar-refractivity contribution in [3.8, 4) is 0 Å². The Hall–Kier alpha value is -2.55. The molecule has 0 N–H and O–H groups in total. The Balaban J connectivity index is 1.32. The van der Waals surface area contributed by atoms with Gasteiger partial charge in [0.2, 0.25) is 0 Å². The van der Waals surface area contributed by atoms with Gasteiger partial charge in [-0.3, -0.25) is 4.79 Å². The molecule has 0 amide bonds. The molecule has 0 saturated heterocycles. The van der Waals surface area contributed by atoms with Crippen LogP contribution in [0.15, 0.2) is 68.4 Å². The minimum absolute atomic E-state index is 0.00652. The SMILES string of the molecule is CC(C)C(C)CCC(C)C1CCC2C3=CCC4C(=Cc5ccco5)C(=O)C(=Cc5ccco5)CC4(C)C3CCC21C. The van der Waals surface area contributed by atoms with E-state index in [0.29, 0.717) is 17.3 Å². The maximum Gasteiger partial charge on any atom is 0.185 e. The molecular weight excluding hydrogens is 504 g/mol. The molecule has 4 aliphatic rings. The second-order valence-corrected chi connectivity index (χ2v) is 14.9. The molecule has 2 aromatic rings. The zero-order valence-corrected chi connectivity index (χ0v) is 26.1. The van der Waals surface area contributed by atoms with Crippen LogP contribution in [0.1, 0.15) is 104 Å². The van der Waals surface area contributed by atoms with E-state index in [4.69, 9.17) is 8.83 Å². The first-order valence-electron chi connectivity index (χ1n) is 16.4. The molecule has 4 aliphatic carbocycles. The van der Waals surface area contributed by atoms with Crippen LogP contribution in [0, 0.1) is 52.3 Å². The van der Waals surface area contributed by atoms with Crippen LogP contribution in [0.25, 0.3) is 12.2 Å². The Labute approximate surface area is 247 Å². The van der Waals surface area contributed by atoms with Gasteiger partial charge >= 0.3 is 0 Å². The summed E-state index contributed by atoms with van der Waals surface area (Å²) in [6, 6.07) is 7.71. The standard InChI is InChI=1S/C38H50O3/c1-24(2)25(3)11-12-26(4)32-15-16-33-30-13-14-34-31(22-29-10-8-20-41-29)36(39)27(21-28-9-7-19-40-28)23-38(34,6)35(30)17-18-37(32,33)5/h7-10,13,19-22,24-26,32-35H,11-12,14-18,23H2,1-6H3. The lowest BCUT2D eigenvalue weighted by molar-refractivity contribution is -0.115. The third-order valence-corrected chi connectivity index (χ3v) is 12.5. The van der Waals surface area contributed by atoms with Gasteiger partial charge in [0.15, 0.2) is 5.78 Å². The van der Waals surface area contributed by atoms with Crippen LogP contribution >= 0.6 is 0 Å². The Kier molecular flexibility index (Phi) is 7.62. The van der Waals surface area contributed by atoms with E-state index >= 15 is 0 Å². The lowest BCUT2D eigenvalue weighted by Gasteiger charge is -2.57. The fraction of sp³-hybridized carbons (Fsp3) is 0.605. The number of hydrogen-bond donors (Lipinski definition) is 0. The van der Waals surface area contributed by atoms with E-state index < -0.39 is 0 Å². The van der Waals surface area contributed by atoms with Crippen LogP contribution in [0.5, 0.6) is 0 Å². The molecule has 3 heteroatoms. The number of carbonyl (C=O) groups excluding carboxylic acids is 1. The summed E-state index contributed by atoms with van der Waals surface area (Å²) < 4.78 is 11.4. The average molecular weight is 555 g/mol. The highest BCUT2D eigenvalue weighted by atomic mass is 16.3. The van der Waals surface area contributed by atoms with Gasteiger partial charge in [0.05, 0.1) is 12.5 Å². The van der Waals surface area contributed by atoms with Crippen molar-refractivity contribution in [2.75, 3.05) is 0 Å². The lowest BCUT2D eigenvalue weighted by atomic mass is 9.46. The van der Waals surface area contributed by atoms with Gasteiger partial charge in [0, 0.05) is 11.1 Å². The monoisotopic (exact) mass is 554 g/mol. The highest BCUT2D eigenvalue weighted by Crippen LogP contribution is 2.67. The van der Waals surface area contributed by atoms with Crippen molar-refractivity contribution in [1.29, 1.82) is 0 Å². The van der Waals surface area contributed by atoms with Gasteiger partial charge in [-0.15, -0.1) is 0 Å². The van der Waals surface area contributed by atoms with Crippen LogP contribution in [0.3, 0.4) is 0 Å². The highest BCUT2D eigenvalue weighted by molar-refractivity contribution is 6.14. The molecule has 8 unspecified atom stereocenters. The smallest absolute Gasteiger partial charge is 0.185 e. The first-order valence-corrected chi connectivity index (χ1v) is 16.4. The van der Waals surface area contributed by atoms with Gasteiger partial charge in [0.25, 0.3) is 0 Å². The van der Waals surface area contributed by atoms with Crippen molar-refractivity contribution < 1.29 is 13.6 Å². The minimum atomic E-state index is 0.00652. The van der Waals surface area contributed by atoms with Crippen molar-refractivity contribution in [3.05, 3.63) is 71.1 Å². The van der Waals surface area contributed by atoms with Crippen LogP contribution in [0.4, 0.5) is 0 Å². The molecule has 0 spiro atoms. The number of hydrogen-bond acceptors (Lipinski definition) is 3. The molecule has 6 rings (SSSR count). The van der Waals surface area contributed by atoms with Gasteiger partial charge in [0.1, 0.15) is 11.5 Å². The van der Waals surface area contributed by atoms with E-state index in [2.05, 4.69) is 47.6 Å². The second-order valence-electron chi connectivity index (χ2n) is 14.9. The topological polar surface area (TPSA) is 43.4 Å². The lowest BCUT2D eigenvalue weighted by Crippen LogP contribution is -2.50. The number of carbonyl (C=O) groups is 1. The normalized spacial score (nSPS) is 36.7. The molecule has 0 bridgehead atoms. The summed E-state index contributed by atoms with van der Waals surface area (Å²) in [6.45, 7) is 14.8. The van der Waals surface area contributed by atoms with E-state index in [9.17, 15) is 4.79 Å². The molecular formula is C38H50O3. The zero-order chi connectivity index (χ0) is 28.9.